The van der Waals surface area contributed by atoms with E-state index in [9.17, 15) is 9.59 Å². The molecule has 0 heterocycles. The van der Waals surface area contributed by atoms with Gasteiger partial charge in [-0.05, 0) is 11.1 Å². The van der Waals surface area contributed by atoms with Gasteiger partial charge >= 0.3 is 11.9 Å². The summed E-state index contributed by atoms with van der Waals surface area (Å²) in [5.41, 5.74) is 2.89. The molecular formula is C22H23NO4. The third kappa shape index (κ3) is 4.97. The average Bonchev–Trinajstić information content (AvgIpc) is 3.16. The van der Waals surface area contributed by atoms with Crippen molar-refractivity contribution in [2.75, 3.05) is 7.11 Å². The second kappa shape index (κ2) is 9.03. The highest BCUT2D eigenvalue weighted by molar-refractivity contribution is 5.85. The zero-order valence-electron chi connectivity index (χ0n) is 15.3. The molecule has 0 unspecified atom stereocenters. The highest BCUT2D eigenvalue weighted by Gasteiger charge is 2.39. The molecular weight excluding hydrogens is 342 g/mol. The molecule has 0 saturated carbocycles. The van der Waals surface area contributed by atoms with Crippen molar-refractivity contribution in [1.82, 2.24) is 5.32 Å². The van der Waals surface area contributed by atoms with Crippen LogP contribution in [-0.2, 0) is 32.2 Å². The van der Waals surface area contributed by atoms with Crippen molar-refractivity contribution in [2.24, 2.45) is 11.8 Å². The molecule has 5 heteroatoms. The molecule has 2 aromatic carbocycles. The second-order valence-electron chi connectivity index (χ2n) is 6.48. The van der Waals surface area contributed by atoms with Crippen LogP contribution in [0.2, 0.25) is 0 Å². The van der Waals surface area contributed by atoms with E-state index < -0.39 is 23.8 Å². The summed E-state index contributed by atoms with van der Waals surface area (Å²) in [6.45, 7) is 0.817. The van der Waals surface area contributed by atoms with Crippen LogP contribution in [0.1, 0.15) is 17.5 Å². The number of esters is 2. The number of carbonyl (C=O) groups is 2. The van der Waals surface area contributed by atoms with Gasteiger partial charge in [-0.3, -0.25) is 9.59 Å². The molecule has 3 rings (SSSR count). The van der Waals surface area contributed by atoms with Crippen molar-refractivity contribution in [1.29, 1.82) is 0 Å². The van der Waals surface area contributed by atoms with Crippen LogP contribution >= 0.6 is 0 Å². The predicted octanol–water partition coefficient (Wildman–Crippen LogP) is 3.21. The van der Waals surface area contributed by atoms with Crippen LogP contribution in [0, 0.1) is 11.8 Å². The van der Waals surface area contributed by atoms with E-state index in [1.807, 2.05) is 60.7 Å². The number of nitrogens with one attached hydrogen (secondary N) is 1. The van der Waals surface area contributed by atoms with Crippen molar-refractivity contribution in [3.63, 3.8) is 0 Å². The van der Waals surface area contributed by atoms with Crippen molar-refractivity contribution < 1.29 is 19.1 Å². The molecule has 5 nitrogen and oxygen atoms in total. The number of benzene rings is 2. The van der Waals surface area contributed by atoms with Gasteiger partial charge in [0.2, 0.25) is 0 Å². The summed E-state index contributed by atoms with van der Waals surface area (Å²) in [4.78, 5) is 24.7. The van der Waals surface area contributed by atoms with Gasteiger partial charge in [0.1, 0.15) is 6.61 Å². The number of carbonyl (C=O) groups excluding carboxylic acids is 2. The first-order valence-corrected chi connectivity index (χ1v) is 8.94. The summed E-state index contributed by atoms with van der Waals surface area (Å²) in [5, 5.41) is 3.31. The van der Waals surface area contributed by atoms with Gasteiger partial charge in [-0.15, -0.1) is 0 Å². The van der Waals surface area contributed by atoms with Crippen LogP contribution in [0.15, 0.2) is 72.4 Å². The molecule has 0 saturated heterocycles. The lowest BCUT2D eigenvalue weighted by Gasteiger charge is -2.16. The third-order valence-electron chi connectivity index (χ3n) is 4.62. The van der Waals surface area contributed by atoms with E-state index >= 15 is 0 Å². The lowest BCUT2D eigenvalue weighted by Crippen LogP contribution is -2.28. The maximum Gasteiger partial charge on any atom is 0.314 e. The van der Waals surface area contributed by atoms with Gasteiger partial charge in [-0.1, -0.05) is 66.7 Å². The summed E-state index contributed by atoms with van der Waals surface area (Å²) in [6, 6.07) is 19.4. The first-order valence-electron chi connectivity index (χ1n) is 8.94. The minimum atomic E-state index is -0.639. The molecule has 1 aliphatic carbocycles. The molecule has 0 aromatic heterocycles. The molecule has 0 amide bonds. The Morgan fingerprint density at radius 3 is 2.22 bits per heavy atom. The zero-order chi connectivity index (χ0) is 19.1. The van der Waals surface area contributed by atoms with E-state index in [1.54, 1.807) is 6.08 Å². The first-order chi connectivity index (χ1) is 13.2. The SMILES string of the molecule is COC(=O)[C@H]1CC(NCc2ccccc2)=C[C@H]1C(=O)OCc1ccccc1. The Morgan fingerprint density at radius 1 is 0.963 bits per heavy atom. The van der Waals surface area contributed by atoms with Gasteiger partial charge in [0.25, 0.3) is 0 Å². The quantitative estimate of drug-likeness (QED) is 0.764. The highest BCUT2D eigenvalue weighted by atomic mass is 16.5. The minimum absolute atomic E-state index is 0.185. The Labute approximate surface area is 159 Å². The predicted molar refractivity (Wildman–Crippen MR) is 101 cm³/mol. The number of allylic oxidation sites excluding steroid dienone is 1. The molecule has 0 bridgehead atoms. The van der Waals surface area contributed by atoms with E-state index in [2.05, 4.69) is 5.32 Å². The normalized spacial score (nSPS) is 18.5. The standard InChI is InChI=1S/C22H23NO4/c1-26-21(24)19-12-18(23-14-16-8-4-2-5-9-16)13-20(19)22(25)27-15-17-10-6-3-7-11-17/h2-11,13,19-20,23H,12,14-15H2,1H3/t19-,20+/m0/s1. The summed E-state index contributed by atoms with van der Waals surface area (Å²) < 4.78 is 10.3. The van der Waals surface area contributed by atoms with Crippen LogP contribution in [0.4, 0.5) is 0 Å². The van der Waals surface area contributed by atoms with Crippen LogP contribution < -0.4 is 5.32 Å². The van der Waals surface area contributed by atoms with Gasteiger partial charge in [0.15, 0.2) is 0 Å². The molecule has 2 aromatic rings. The van der Waals surface area contributed by atoms with Crippen molar-refractivity contribution in [2.45, 2.75) is 19.6 Å². The first kappa shape index (κ1) is 18.7. The van der Waals surface area contributed by atoms with Crippen molar-refractivity contribution >= 4 is 11.9 Å². The lowest BCUT2D eigenvalue weighted by molar-refractivity contribution is -0.157. The Kier molecular flexibility index (Phi) is 6.26. The summed E-state index contributed by atoms with van der Waals surface area (Å²) >= 11 is 0. The third-order valence-corrected chi connectivity index (χ3v) is 4.62. The molecule has 1 N–H and O–H groups in total. The van der Waals surface area contributed by atoms with Gasteiger partial charge in [-0.25, -0.2) is 0 Å². The highest BCUT2D eigenvalue weighted by Crippen LogP contribution is 2.32. The fraction of sp³-hybridized carbons (Fsp3) is 0.273. The van der Waals surface area contributed by atoms with Crippen LogP contribution in [0.25, 0.3) is 0 Å². The van der Waals surface area contributed by atoms with Crippen molar-refractivity contribution in [3.05, 3.63) is 83.6 Å². The van der Waals surface area contributed by atoms with E-state index in [1.165, 1.54) is 7.11 Å². The van der Waals surface area contributed by atoms with E-state index in [4.69, 9.17) is 9.47 Å². The topological polar surface area (TPSA) is 64.6 Å². The molecule has 0 fully saturated rings. The average molecular weight is 365 g/mol. The fourth-order valence-electron chi connectivity index (χ4n) is 3.15. The van der Waals surface area contributed by atoms with Gasteiger partial charge < -0.3 is 14.8 Å². The Balaban J connectivity index is 1.64. The van der Waals surface area contributed by atoms with Gasteiger partial charge in [0.05, 0.1) is 18.9 Å². The Bertz CT molecular complexity index is 802. The Hall–Kier alpha value is -3.08. The molecule has 0 radical (unpaired) electrons. The van der Waals surface area contributed by atoms with E-state index in [0.29, 0.717) is 13.0 Å². The molecule has 27 heavy (non-hydrogen) atoms. The minimum Gasteiger partial charge on any atom is -0.469 e. The number of rotatable bonds is 7. The maximum absolute atomic E-state index is 12.6. The van der Waals surface area contributed by atoms with Gasteiger partial charge in [-0.2, -0.15) is 0 Å². The molecule has 0 aliphatic heterocycles. The Morgan fingerprint density at radius 2 is 1.59 bits per heavy atom. The monoisotopic (exact) mass is 365 g/mol. The summed E-state index contributed by atoms with van der Waals surface area (Å²) in [7, 11) is 1.34. The van der Waals surface area contributed by atoms with E-state index in [-0.39, 0.29) is 6.61 Å². The number of methoxy groups -OCH3 is 1. The molecule has 140 valence electrons. The number of hydrogen-bond acceptors (Lipinski definition) is 5. The summed E-state index contributed by atoms with van der Waals surface area (Å²) in [5.74, 6) is -2.01. The van der Waals surface area contributed by atoms with Crippen LogP contribution in [0.5, 0.6) is 0 Å². The van der Waals surface area contributed by atoms with E-state index in [0.717, 1.165) is 16.8 Å². The zero-order valence-corrected chi connectivity index (χ0v) is 15.3. The van der Waals surface area contributed by atoms with Crippen LogP contribution in [-0.4, -0.2) is 19.0 Å². The molecule has 2 atom stereocenters. The molecule has 0 spiro atoms. The largest absolute Gasteiger partial charge is 0.469 e. The number of hydrogen-bond donors (Lipinski definition) is 1. The lowest BCUT2D eigenvalue weighted by atomic mass is 9.96. The van der Waals surface area contributed by atoms with Crippen molar-refractivity contribution in [3.8, 4) is 0 Å². The van der Waals surface area contributed by atoms with Gasteiger partial charge in [0, 0.05) is 18.7 Å². The number of ether oxygens (including phenoxy) is 2. The second-order valence-corrected chi connectivity index (χ2v) is 6.48. The fourth-order valence-corrected chi connectivity index (χ4v) is 3.15. The molecule has 1 aliphatic rings. The maximum atomic E-state index is 12.6. The smallest absolute Gasteiger partial charge is 0.314 e. The summed E-state index contributed by atoms with van der Waals surface area (Å²) in [6.07, 6.45) is 2.22. The van der Waals surface area contributed by atoms with Crippen LogP contribution in [0.3, 0.4) is 0 Å².